The number of amides is 1. The minimum absolute atomic E-state index is 0.0564. The van der Waals surface area contributed by atoms with E-state index in [0.29, 0.717) is 12.2 Å². The zero-order valence-electron chi connectivity index (χ0n) is 13.6. The highest BCUT2D eigenvalue weighted by Gasteiger charge is 2.34. The summed E-state index contributed by atoms with van der Waals surface area (Å²) >= 11 is 0. The molecular weight excluding hydrogens is 314 g/mol. The fourth-order valence-electron chi connectivity index (χ4n) is 3.42. The Bertz CT molecular complexity index is 713. The summed E-state index contributed by atoms with van der Waals surface area (Å²) in [4.78, 5) is 14.0. The lowest BCUT2D eigenvalue weighted by Gasteiger charge is -2.26. The number of rotatable bonds is 4. The van der Waals surface area contributed by atoms with Gasteiger partial charge in [-0.15, -0.1) is 0 Å². The second kappa shape index (κ2) is 6.15. The van der Waals surface area contributed by atoms with Crippen molar-refractivity contribution in [1.29, 1.82) is 0 Å². The van der Waals surface area contributed by atoms with Crippen molar-refractivity contribution in [2.24, 2.45) is 0 Å². The van der Waals surface area contributed by atoms with Crippen molar-refractivity contribution in [1.82, 2.24) is 4.90 Å². The third kappa shape index (κ3) is 3.52. The number of aryl methyl sites for hydroxylation is 2. The Labute approximate surface area is 137 Å². The zero-order valence-corrected chi connectivity index (χ0v) is 14.4. The summed E-state index contributed by atoms with van der Waals surface area (Å²) < 4.78 is 28.9. The van der Waals surface area contributed by atoms with Gasteiger partial charge in [0.2, 0.25) is 0 Å². The van der Waals surface area contributed by atoms with Gasteiger partial charge in [0.05, 0.1) is 11.5 Å². The predicted octanol–water partition coefficient (Wildman–Crippen LogP) is 1.59. The third-order valence-corrected chi connectivity index (χ3v) is 6.58. The SMILES string of the molecule is C[C@@H](Oc1ccc2c(c1)CCC2)C(=O)N(C)[C@@H]1CCS(=O)(=O)C1. The van der Waals surface area contributed by atoms with E-state index in [2.05, 4.69) is 6.07 Å². The van der Waals surface area contributed by atoms with Crippen LogP contribution in [0.15, 0.2) is 18.2 Å². The molecule has 1 aliphatic heterocycles. The smallest absolute Gasteiger partial charge is 0.263 e. The fourth-order valence-corrected chi connectivity index (χ4v) is 5.20. The van der Waals surface area contributed by atoms with Gasteiger partial charge >= 0.3 is 0 Å². The van der Waals surface area contributed by atoms with Gasteiger partial charge in [-0.1, -0.05) is 6.07 Å². The van der Waals surface area contributed by atoms with Crippen molar-refractivity contribution in [2.75, 3.05) is 18.6 Å². The van der Waals surface area contributed by atoms with E-state index in [-0.39, 0.29) is 23.5 Å². The number of hydrogen-bond acceptors (Lipinski definition) is 4. The topological polar surface area (TPSA) is 63.7 Å². The van der Waals surface area contributed by atoms with E-state index in [1.54, 1.807) is 14.0 Å². The second-order valence-corrected chi connectivity index (χ2v) is 8.78. The van der Waals surface area contributed by atoms with Crippen molar-refractivity contribution in [3.8, 4) is 5.75 Å². The van der Waals surface area contributed by atoms with Gasteiger partial charge in [0.1, 0.15) is 5.75 Å². The van der Waals surface area contributed by atoms with E-state index >= 15 is 0 Å². The highest BCUT2D eigenvalue weighted by Crippen LogP contribution is 2.27. The predicted molar refractivity (Wildman–Crippen MR) is 88.4 cm³/mol. The number of benzene rings is 1. The molecule has 0 aromatic heterocycles. The first-order valence-corrected chi connectivity index (χ1v) is 9.93. The maximum absolute atomic E-state index is 12.5. The van der Waals surface area contributed by atoms with Crippen LogP contribution in [0.5, 0.6) is 5.75 Å². The number of fused-ring (bicyclic) bond motifs is 1. The molecule has 1 aliphatic carbocycles. The van der Waals surface area contributed by atoms with Crippen LogP contribution in [-0.4, -0.2) is 49.9 Å². The largest absolute Gasteiger partial charge is 0.481 e. The number of likely N-dealkylation sites (N-methyl/N-ethyl adjacent to an activating group) is 1. The number of sulfone groups is 1. The Kier molecular flexibility index (Phi) is 4.36. The normalized spacial score (nSPS) is 23.3. The monoisotopic (exact) mass is 337 g/mol. The van der Waals surface area contributed by atoms with E-state index in [1.165, 1.54) is 22.4 Å². The van der Waals surface area contributed by atoms with E-state index in [4.69, 9.17) is 4.74 Å². The van der Waals surface area contributed by atoms with Crippen molar-refractivity contribution < 1.29 is 17.9 Å². The van der Waals surface area contributed by atoms with Crippen LogP contribution in [0.3, 0.4) is 0 Å². The summed E-state index contributed by atoms with van der Waals surface area (Å²) in [5, 5.41) is 0. The first-order chi connectivity index (χ1) is 10.9. The number of hydrogen-bond donors (Lipinski definition) is 0. The van der Waals surface area contributed by atoms with Crippen molar-refractivity contribution in [3.05, 3.63) is 29.3 Å². The van der Waals surface area contributed by atoms with Gasteiger partial charge in [-0.2, -0.15) is 0 Å². The molecule has 23 heavy (non-hydrogen) atoms. The molecule has 2 aliphatic rings. The fraction of sp³-hybridized carbons (Fsp3) is 0.588. The van der Waals surface area contributed by atoms with Crippen molar-refractivity contribution in [2.45, 2.75) is 44.8 Å². The average molecular weight is 337 g/mol. The summed E-state index contributed by atoms with van der Waals surface area (Å²) in [6.07, 6.45) is 3.24. The van der Waals surface area contributed by atoms with Crippen LogP contribution in [-0.2, 0) is 27.5 Å². The lowest BCUT2D eigenvalue weighted by Crippen LogP contribution is -2.44. The quantitative estimate of drug-likeness (QED) is 0.837. The van der Waals surface area contributed by atoms with E-state index in [9.17, 15) is 13.2 Å². The molecule has 2 atom stereocenters. The molecule has 0 spiro atoms. The first kappa shape index (κ1) is 16.3. The van der Waals surface area contributed by atoms with Crippen LogP contribution in [0.4, 0.5) is 0 Å². The summed E-state index contributed by atoms with van der Waals surface area (Å²) in [7, 11) is -1.34. The summed E-state index contributed by atoms with van der Waals surface area (Å²) in [5.74, 6) is 0.752. The Morgan fingerprint density at radius 3 is 2.74 bits per heavy atom. The van der Waals surface area contributed by atoms with Gasteiger partial charge in [-0.05, 0) is 55.9 Å². The van der Waals surface area contributed by atoms with Crippen LogP contribution < -0.4 is 4.74 Å². The molecule has 0 radical (unpaired) electrons. The van der Waals surface area contributed by atoms with E-state index < -0.39 is 15.9 Å². The highest BCUT2D eigenvalue weighted by molar-refractivity contribution is 7.91. The van der Waals surface area contributed by atoms with Crippen LogP contribution >= 0.6 is 0 Å². The molecule has 5 nitrogen and oxygen atoms in total. The van der Waals surface area contributed by atoms with Gasteiger partial charge in [0.25, 0.3) is 5.91 Å². The highest BCUT2D eigenvalue weighted by atomic mass is 32.2. The maximum atomic E-state index is 12.5. The molecule has 1 aromatic rings. The summed E-state index contributed by atoms with van der Waals surface area (Å²) in [6, 6.07) is 5.76. The molecule has 1 amide bonds. The average Bonchev–Trinajstić information content (AvgIpc) is 3.11. The molecule has 126 valence electrons. The lowest BCUT2D eigenvalue weighted by molar-refractivity contribution is -0.138. The van der Waals surface area contributed by atoms with Crippen LogP contribution in [0, 0.1) is 0 Å². The molecule has 0 saturated carbocycles. The van der Waals surface area contributed by atoms with Gasteiger partial charge in [-0.3, -0.25) is 4.79 Å². The Morgan fingerprint density at radius 2 is 2.04 bits per heavy atom. The number of ether oxygens (including phenoxy) is 1. The second-order valence-electron chi connectivity index (χ2n) is 6.55. The molecule has 1 aromatic carbocycles. The summed E-state index contributed by atoms with van der Waals surface area (Å²) in [5.41, 5.74) is 2.67. The molecule has 0 unspecified atom stereocenters. The lowest BCUT2D eigenvalue weighted by atomic mass is 10.1. The molecule has 1 saturated heterocycles. The molecule has 1 heterocycles. The van der Waals surface area contributed by atoms with Gasteiger partial charge in [0.15, 0.2) is 15.9 Å². The molecule has 0 N–H and O–H groups in total. The Hall–Kier alpha value is -1.56. The van der Waals surface area contributed by atoms with Gasteiger partial charge < -0.3 is 9.64 Å². The van der Waals surface area contributed by atoms with Crippen LogP contribution in [0.2, 0.25) is 0 Å². The molecule has 3 rings (SSSR count). The van der Waals surface area contributed by atoms with Gasteiger partial charge in [0, 0.05) is 13.1 Å². The van der Waals surface area contributed by atoms with Crippen molar-refractivity contribution in [3.63, 3.8) is 0 Å². The minimum atomic E-state index is -3.00. The maximum Gasteiger partial charge on any atom is 0.263 e. The molecule has 1 fully saturated rings. The van der Waals surface area contributed by atoms with Gasteiger partial charge in [-0.25, -0.2) is 8.42 Å². The van der Waals surface area contributed by atoms with E-state index in [0.717, 1.165) is 12.8 Å². The van der Waals surface area contributed by atoms with Crippen LogP contribution in [0.1, 0.15) is 30.9 Å². The van der Waals surface area contributed by atoms with E-state index in [1.807, 2.05) is 12.1 Å². The molecular formula is C17H23NO4S. The Balaban J connectivity index is 1.63. The molecule has 6 heteroatoms. The standard InChI is InChI=1S/C17H23NO4S/c1-12(17(19)18(2)15-8-9-23(20,21)11-15)22-16-7-6-13-4-3-5-14(13)10-16/h6-7,10,12,15H,3-5,8-9,11H2,1-2H3/t12-,15-/m1/s1. The number of carbonyl (C=O) groups is 1. The Morgan fingerprint density at radius 1 is 1.30 bits per heavy atom. The minimum Gasteiger partial charge on any atom is -0.481 e. The number of nitrogens with zero attached hydrogens (tertiary/aromatic N) is 1. The van der Waals surface area contributed by atoms with Crippen LogP contribution in [0.25, 0.3) is 0 Å². The first-order valence-electron chi connectivity index (χ1n) is 8.11. The summed E-state index contributed by atoms with van der Waals surface area (Å²) in [6.45, 7) is 1.72. The molecule has 0 bridgehead atoms. The third-order valence-electron chi connectivity index (χ3n) is 4.83. The zero-order chi connectivity index (χ0) is 16.6. The number of carbonyl (C=O) groups excluding carboxylic acids is 1. The van der Waals surface area contributed by atoms with Crippen molar-refractivity contribution >= 4 is 15.7 Å².